The lowest BCUT2D eigenvalue weighted by Gasteiger charge is -2.12. The minimum Gasteiger partial charge on any atom is -0.486 e. The monoisotopic (exact) mass is 595 g/mol. The molecule has 178 valence electrons. The highest BCUT2D eigenvalue weighted by Crippen LogP contribution is 2.36. The van der Waals surface area contributed by atoms with Gasteiger partial charge < -0.3 is 4.74 Å². The molecule has 0 bridgehead atoms. The van der Waals surface area contributed by atoms with Crippen molar-refractivity contribution in [1.29, 1.82) is 0 Å². The van der Waals surface area contributed by atoms with Crippen molar-refractivity contribution in [1.82, 2.24) is 0 Å². The van der Waals surface area contributed by atoms with Gasteiger partial charge in [0.2, 0.25) is 0 Å². The van der Waals surface area contributed by atoms with Crippen molar-refractivity contribution >= 4 is 68.3 Å². The molecule has 13 heteroatoms. The standard InChI is InChI=1S/C21H12BrCl3F3N3O3/c22-15-5-11(6-17(25)20(15)34-10-12-1-3-14(23)8-16(12)24)9-29-30-18-4-2-13(21(26,27)28)7-19(18)31(32)33/h1-9,30H,10H2/b29-9-. The summed E-state index contributed by atoms with van der Waals surface area (Å²) >= 11 is 21.7. The average molecular weight is 598 g/mol. The summed E-state index contributed by atoms with van der Waals surface area (Å²) in [5, 5.41) is 16.2. The summed E-state index contributed by atoms with van der Waals surface area (Å²) in [7, 11) is 0. The Labute approximate surface area is 214 Å². The fraction of sp³-hybridized carbons (Fsp3) is 0.0952. The van der Waals surface area contributed by atoms with Crippen LogP contribution in [-0.2, 0) is 12.8 Å². The quantitative estimate of drug-likeness (QED) is 0.169. The number of hydrogen-bond acceptors (Lipinski definition) is 5. The van der Waals surface area contributed by atoms with Crippen LogP contribution < -0.4 is 10.2 Å². The molecule has 1 N–H and O–H groups in total. The predicted octanol–water partition coefficient (Wildman–Crippen LogP) is 8.36. The Morgan fingerprint density at radius 2 is 1.82 bits per heavy atom. The molecule has 0 saturated heterocycles. The summed E-state index contributed by atoms with van der Waals surface area (Å²) in [6.07, 6.45) is -3.42. The van der Waals surface area contributed by atoms with Crippen molar-refractivity contribution < 1.29 is 22.8 Å². The number of nitrogens with one attached hydrogen (secondary N) is 1. The average Bonchev–Trinajstić information content (AvgIpc) is 2.73. The second-order valence-electron chi connectivity index (χ2n) is 6.69. The molecular weight excluding hydrogens is 586 g/mol. The van der Waals surface area contributed by atoms with Crippen LogP contribution in [0.4, 0.5) is 24.5 Å². The lowest BCUT2D eigenvalue weighted by atomic mass is 10.1. The molecular formula is C21H12BrCl3F3N3O3. The zero-order chi connectivity index (χ0) is 25.0. The van der Waals surface area contributed by atoms with Crippen molar-refractivity contribution in [3.8, 4) is 5.75 Å². The zero-order valence-corrected chi connectivity index (χ0v) is 20.5. The van der Waals surface area contributed by atoms with Gasteiger partial charge in [0.15, 0.2) is 5.75 Å². The van der Waals surface area contributed by atoms with Gasteiger partial charge >= 0.3 is 6.18 Å². The van der Waals surface area contributed by atoms with Crippen molar-refractivity contribution in [2.75, 3.05) is 5.43 Å². The summed E-state index contributed by atoms with van der Waals surface area (Å²) in [5.41, 5.74) is 1.44. The number of alkyl halides is 3. The predicted molar refractivity (Wildman–Crippen MR) is 129 cm³/mol. The molecule has 6 nitrogen and oxygen atoms in total. The first-order valence-corrected chi connectivity index (χ1v) is 11.1. The molecule has 0 spiro atoms. The Hall–Kier alpha value is -2.53. The SMILES string of the molecule is O=[N+]([O-])c1cc(C(F)(F)F)ccc1N/N=C\c1cc(Cl)c(OCc2ccc(Cl)cc2Cl)c(Br)c1. The molecule has 0 aromatic heterocycles. The molecule has 0 fully saturated rings. The van der Waals surface area contributed by atoms with Gasteiger partial charge in [0, 0.05) is 21.7 Å². The molecule has 0 aliphatic rings. The van der Waals surface area contributed by atoms with E-state index in [2.05, 4.69) is 26.5 Å². The fourth-order valence-corrected chi connectivity index (χ4v) is 4.16. The normalized spacial score (nSPS) is 11.6. The zero-order valence-electron chi connectivity index (χ0n) is 16.7. The van der Waals surface area contributed by atoms with Crippen LogP contribution in [0.25, 0.3) is 0 Å². The van der Waals surface area contributed by atoms with Crippen molar-refractivity contribution in [3.63, 3.8) is 0 Å². The van der Waals surface area contributed by atoms with Crippen LogP contribution in [0.3, 0.4) is 0 Å². The number of halogens is 7. The minimum atomic E-state index is -4.71. The number of nitro groups is 1. The van der Waals surface area contributed by atoms with Gasteiger partial charge in [-0.2, -0.15) is 18.3 Å². The summed E-state index contributed by atoms with van der Waals surface area (Å²) in [6.45, 7) is 0.126. The van der Waals surface area contributed by atoms with E-state index in [1.165, 1.54) is 12.3 Å². The van der Waals surface area contributed by atoms with Crippen LogP contribution in [0.1, 0.15) is 16.7 Å². The van der Waals surface area contributed by atoms with Gasteiger partial charge in [0.25, 0.3) is 5.69 Å². The maximum atomic E-state index is 12.8. The first-order chi connectivity index (χ1) is 16.0. The fourth-order valence-electron chi connectivity index (χ4n) is 2.71. The van der Waals surface area contributed by atoms with Gasteiger partial charge in [-0.1, -0.05) is 40.9 Å². The third-order valence-corrected chi connectivity index (χ3v) is 5.78. The van der Waals surface area contributed by atoms with Crippen LogP contribution in [0.15, 0.2) is 58.1 Å². The van der Waals surface area contributed by atoms with E-state index in [1.807, 2.05) is 0 Å². The van der Waals surface area contributed by atoms with Gasteiger partial charge in [0.1, 0.15) is 12.3 Å². The molecule has 0 atom stereocenters. The minimum absolute atomic E-state index is 0.126. The molecule has 0 aliphatic carbocycles. The van der Waals surface area contributed by atoms with Crippen LogP contribution in [0, 0.1) is 10.1 Å². The summed E-state index contributed by atoms with van der Waals surface area (Å²) in [5.74, 6) is 0.344. The number of nitrogens with zero attached hydrogens (tertiary/aromatic N) is 2. The molecule has 0 unspecified atom stereocenters. The number of anilines is 1. The number of ether oxygens (including phenoxy) is 1. The third-order valence-electron chi connectivity index (χ3n) is 4.33. The molecule has 0 saturated carbocycles. The molecule has 34 heavy (non-hydrogen) atoms. The van der Waals surface area contributed by atoms with E-state index in [-0.39, 0.29) is 17.3 Å². The highest BCUT2D eigenvalue weighted by Gasteiger charge is 2.33. The van der Waals surface area contributed by atoms with Crippen molar-refractivity contribution in [2.45, 2.75) is 12.8 Å². The summed E-state index contributed by atoms with van der Waals surface area (Å²) in [6, 6.07) is 10.2. The number of hydrazone groups is 1. The Balaban J connectivity index is 1.74. The van der Waals surface area contributed by atoms with E-state index in [0.717, 1.165) is 12.1 Å². The first-order valence-electron chi connectivity index (χ1n) is 9.16. The van der Waals surface area contributed by atoms with Crippen LogP contribution >= 0.6 is 50.7 Å². The van der Waals surface area contributed by atoms with Crippen LogP contribution in [0.5, 0.6) is 5.75 Å². The van der Waals surface area contributed by atoms with Gasteiger partial charge in [0.05, 0.1) is 26.2 Å². The molecule has 0 amide bonds. The van der Waals surface area contributed by atoms with Gasteiger partial charge in [-0.3, -0.25) is 15.5 Å². The second kappa shape index (κ2) is 10.8. The third kappa shape index (κ3) is 6.53. The van der Waals surface area contributed by atoms with E-state index in [4.69, 9.17) is 39.5 Å². The largest absolute Gasteiger partial charge is 0.486 e. The smallest absolute Gasteiger partial charge is 0.416 e. The van der Waals surface area contributed by atoms with Gasteiger partial charge in [-0.05, 0) is 57.9 Å². The Kier molecular flexibility index (Phi) is 8.29. The van der Waals surface area contributed by atoms with Crippen LogP contribution in [-0.4, -0.2) is 11.1 Å². The molecule has 0 heterocycles. The molecule has 0 radical (unpaired) electrons. The van der Waals surface area contributed by atoms with Crippen molar-refractivity contribution in [3.05, 3.63) is 94.9 Å². The van der Waals surface area contributed by atoms with E-state index in [1.54, 1.807) is 24.3 Å². The van der Waals surface area contributed by atoms with Crippen LogP contribution in [0.2, 0.25) is 15.1 Å². The Morgan fingerprint density at radius 1 is 1.09 bits per heavy atom. The second-order valence-corrected chi connectivity index (χ2v) is 8.80. The first kappa shape index (κ1) is 26.1. The molecule has 3 rings (SSSR count). The maximum Gasteiger partial charge on any atom is 0.416 e. The molecule has 0 aliphatic heterocycles. The Morgan fingerprint density at radius 3 is 2.44 bits per heavy atom. The molecule has 3 aromatic rings. The number of rotatable bonds is 7. The lowest BCUT2D eigenvalue weighted by molar-refractivity contribution is -0.384. The van der Waals surface area contributed by atoms with Gasteiger partial charge in [-0.25, -0.2) is 0 Å². The number of nitro benzene ring substituents is 1. The van der Waals surface area contributed by atoms with E-state index in [0.29, 0.717) is 37.5 Å². The van der Waals surface area contributed by atoms with Crippen molar-refractivity contribution in [2.24, 2.45) is 5.10 Å². The van der Waals surface area contributed by atoms with E-state index in [9.17, 15) is 23.3 Å². The highest BCUT2D eigenvalue weighted by molar-refractivity contribution is 9.10. The van der Waals surface area contributed by atoms with E-state index < -0.39 is 22.4 Å². The topological polar surface area (TPSA) is 76.8 Å². The van der Waals surface area contributed by atoms with E-state index >= 15 is 0 Å². The molecule has 3 aromatic carbocycles. The summed E-state index contributed by atoms with van der Waals surface area (Å²) in [4.78, 5) is 10.2. The number of benzene rings is 3. The highest BCUT2D eigenvalue weighted by atomic mass is 79.9. The maximum absolute atomic E-state index is 12.8. The number of hydrogen-bond donors (Lipinski definition) is 1. The Bertz CT molecular complexity index is 1250. The lowest BCUT2D eigenvalue weighted by Crippen LogP contribution is -2.06. The summed E-state index contributed by atoms with van der Waals surface area (Å²) < 4.78 is 44.7. The van der Waals surface area contributed by atoms with Gasteiger partial charge in [-0.15, -0.1) is 0 Å².